The molecule has 104 valence electrons. The molecule has 1 heterocycles. The van der Waals surface area contributed by atoms with E-state index in [1.807, 2.05) is 11.4 Å². The topological polar surface area (TPSA) is 21.3 Å². The summed E-state index contributed by atoms with van der Waals surface area (Å²) in [6.07, 6.45) is -4.24. The summed E-state index contributed by atoms with van der Waals surface area (Å²) in [6.45, 7) is 4.22. The summed E-state index contributed by atoms with van der Waals surface area (Å²) in [7, 11) is 0. The summed E-state index contributed by atoms with van der Waals surface area (Å²) in [4.78, 5) is 1.26. The van der Waals surface area contributed by atoms with Gasteiger partial charge < -0.3 is 10.1 Å². The van der Waals surface area contributed by atoms with Crippen molar-refractivity contribution in [1.29, 1.82) is 0 Å². The van der Waals surface area contributed by atoms with Gasteiger partial charge in [-0.3, -0.25) is 0 Å². The molecule has 0 spiro atoms. The van der Waals surface area contributed by atoms with Crippen LogP contribution >= 0.6 is 11.3 Å². The minimum absolute atomic E-state index is 0.0157. The van der Waals surface area contributed by atoms with E-state index in [-0.39, 0.29) is 12.0 Å². The van der Waals surface area contributed by atoms with E-state index >= 15 is 0 Å². The number of nitrogens with one attached hydrogen (secondary N) is 1. The molecule has 1 aromatic rings. The molecule has 6 heteroatoms. The fourth-order valence-corrected chi connectivity index (χ4v) is 2.34. The fraction of sp³-hybridized carbons (Fsp3) is 0.667. The minimum Gasteiger partial charge on any atom is -0.371 e. The maximum Gasteiger partial charge on any atom is 0.411 e. The summed E-state index contributed by atoms with van der Waals surface area (Å²) in [6, 6.07) is 4.06. The van der Waals surface area contributed by atoms with Crippen molar-refractivity contribution in [1.82, 2.24) is 5.32 Å². The lowest BCUT2D eigenvalue weighted by molar-refractivity contribution is -0.173. The molecule has 1 rings (SSSR count). The van der Waals surface area contributed by atoms with Gasteiger partial charge in [-0.25, -0.2) is 0 Å². The van der Waals surface area contributed by atoms with Crippen molar-refractivity contribution in [2.75, 3.05) is 26.3 Å². The molecule has 0 aliphatic heterocycles. The molecule has 0 unspecified atom stereocenters. The predicted octanol–water partition coefficient (Wildman–Crippen LogP) is 3.19. The number of thiophene rings is 1. The van der Waals surface area contributed by atoms with Gasteiger partial charge in [-0.2, -0.15) is 13.2 Å². The van der Waals surface area contributed by atoms with Crippen molar-refractivity contribution in [3.8, 4) is 0 Å². The van der Waals surface area contributed by atoms with Crippen LogP contribution in [-0.4, -0.2) is 32.5 Å². The third kappa shape index (κ3) is 5.84. The molecule has 0 aliphatic rings. The first-order valence-electron chi connectivity index (χ1n) is 5.70. The van der Waals surface area contributed by atoms with Crippen LogP contribution in [0, 0.1) is 0 Å². The third-order valence-corrected chi connectivity index (χ3v) is 3.68. The highest BCUT2D eigenvalue weighted by Gasteiger charge is 2.27. The number of ether oxygens (including phenoxy) is 1. The smallest absolute Gasteiger partial charge is 0.371 e. The zero-order chi connectivity index (χ0) is 13.6. The van der Waals surface area contributed by atoms with Gasteiger partial charge in [0.1, 0.15) is 6.61 Å². The van der Waals surface area contributed by atoms with Crippen molar-refractivity contribution in [2.24, 2.45) is 0 Å². The predicted molar refractivity (Wildman–Crippen MR) is 67.1 cm³/mol. The van der Waals surface area contributed by atoms with Crippen LogP contribution in [0.3, 0.4) is 0 Å². The SMILES string of the molecule is CC(C)(CNCCOCC(F)(F)F)c1cccs1. The van der Waals surface area contributed by atoms with Crippen LogP contribution in [0.2, 0.25) is 0 Å². The van der Waals surface area contributed by atoms with E-state index in [0.717, 1.165) is 0 Å². The highest BCUT2D eigenvalue weighted by Crippen LogP contribution is 2.26. The second kappa shape index (κ2) is 6.54. The van der Waals surface area contributed by atoms with Crippen molar-refractivity contribution >= 4 is 11.3 Å². The Hall–Kier alpha value is -0.590. The largest absolute Gasteiger partial charge is 0.411 e. The van der Waals surface area contributed by atoms with E-state index < -0.39 is 12.8 Å². The number of halogens is 3. The van der Waals surface area contributed by atoms with Gasteiger partial charge in [0.15, 0.2) is 0 Å². The van der Waals surface area contributed by atoms with Crippen LogP contribution in [0.5, 0.6) is 0 Å². The molecule has 18 heavy (non-hydrogen) atoms. The first-order valence-corrected chi connectivity index (χ1v) is 6.58. The van der Waals surface area contributed by atoms with Gasteiger partial charge in [0, 0.05) is 23.4 Å². The third-order valence-electron chi connectivity index (χ3n) is 2.44. The molecule has 0 atom stereocenters. The van der Waals surface area contributed by atoms with E-state index in [1.54, 1.807) is 11.3 Å². The van der Waals surface area contributed by atoms with E-state index in [4.69, 9.17) is 0 Å². The normalized spacial score (nSPS) is 12.9. The van der Waals surface area contributed by atoms with E-state index in [0.29, 0.717) is 13.1 Å². The van der Waals surface area contributed by atoms with E-state index in [9.17, 15) is 13.2 Å². The fourth-order valence-electron chi connectivity index (χ4n) is 1.48. The van der Waals surface area contributed by atoms with Crippen LogP contribution in [-0.2, 0) is 10.2 Å². The van der Waals surface area contributed by atoms with Gasteiger partial charge in [-0.15, -0.1) is 11.3 Å². The number of hydrogen-bond acceptors (Lipinski definition) is 3. The molecular formula is C12H18F3NOS. The van der Waals surface area contributed by atoms with E-state index in [2.05, 4.69) is 30.0 Å². The first kappa shape index (κ1) is 15.5. The van der Waals surface area contributed by atoms with Crippen molar-refractivity contribution in [3.05, 3.63) is 22.4 Å². The second-order valence-corrected chi connectivity index (χ2v) is 5.65. The Morgan fingerprint density at radius 3 is 2.61 bits per heavy atom. The zero-order valence-corrected chi connectivity index (χ0v) is 11.3. The van der Waals surface area contributed by atoms with Gasteiger partial charge in [0.05, 0.1) is 6.61 Å². The Kier molecular flexibility index (Phi) is 5.62. The minimum atomic E-state index is -4.24. The zero-order valence-electron chi connectivity index (χ0n) is 10.5. The average molecular weight is 281 g/mol. The van der Waals surface area contributed by atoms with Crippen molar-refractivity contribution < 1.29 is 17.9 Å². The maximum atomic E-state index is 11.8. The van der Waals surface area contributed by atoms with Crippen LogP contribution < -0.4 is 5.32 Å². The Balaban J connectivity index is 2.15. The lowest BCUT2D eigenvalue weighted by Gasteiger charge is -2.23. The molecule has 2 nitrogen and oxygen atoms in total. The van der Waals surface area contributed by atoms with Crippen molar-refractivity contribution in [2.45, 2.75) is 25.4 Å². The second-order valence-electron chi connectivity index (χ2n) is 4.71. The number of hydrogen-bond donors (Lipinski definition) is 1. The molecule has 1 aromatic heterocycles. The lowest BCUT2D eigenvalue weighted by Crippen LogP contribution is -2.34. The molecule has 0 fully saturated rings. The molecular weight excluding hydrogens is 263 g/mol. The monoisotopic (exact) mass is 281 g/mol. The average Bonchev–Trinajstić information content (AvgIpc) is 2.75. The Labute approximate surface area is 109 Å². The first-order chi connectivity index (χ1) is 8.31. The van der Waals surface area contributed by atoms with Gasteiger partial charge in [-0.05, 0) is 11.4 Å². The molecule has 0 aliphatic carbocycles. The number of rotatable bonds is 7. The number of alkyl halides is 3. The highest BCUT2D eigenvalue weighted by molar-refractivity contribution is 7.10. The van der Waals surface area contributed by atoms with Gasteiger partial charge in [0.2, 0.25) is 0 Å². The quantitative estimate of drug-likeness (QED) is 0.775. The van der Waals surface area contributed by atoms with Crippen LogP contribution in [0.25, 0.3) is 0 Å². The van der Waals surface area contributed by atoms with Crippen LogP contribution in [0.1, 0.15) is 18.7 Å². The molecule has 0 radical (unpaired) electrons. The summed E-state index contributed by atoms with van der Waals surface area (Å²) in [5.41, 5.74) is -0.0157. The standard InChI is InChI=1S/C12H18F3NOS/c1-11(2,10-4-3-7-18-10)8-16-5-6-17-9-12(13,14)15/h3-4,7,16H,5-6,8-9H2,1-2H3. The summed E-state index contributed by atoms with van der Waals surface area (Å²) >= 11 is 1.68. The molecule has 1 N–H and O–H groups in total. The maximum absolute atomic E-state index is 11.8. The van der Waals surface area contributed by atoms with E-state index in [1.165, 1.54) is 4.88 Å². The van der Waals surface area contributed by atoms with Gasteiger partial charge in [-0.1, -0.05) is 19.9 Å². The van der Waals surface area contributed by atoms with Crippen LogP contribution in [0.15, 0.2) is 17.5 Å². The van der Waals surface area contributed by atoms with Crippen LogP contribution in [0.4, 0.5) is 13.2 Å². The summed E-state index contributed by atoms with van der Waals surface area (Å²) in [5, 5.41) is 5.13. The summed E-state index contributed by atoms with van der Waals surface area (Å²) in [5.74, 6) is 0. The van der Waals surface area contributed by atoms with Crippen molar-refractivity contribution in [3.63, 3.8) is 0 Å². The molecule has 0 saturated heterocycles. The molecule has 0 aromatic carbocycles. The lowest BCUT2D eigenvalue weighted by atomic mass is 9.91. The molecule has 0 saturated carbocycles. The molecule has 0 bridgehead atoms. The van der Waals surface area contributed by atoms with Gasteiger partial charge in [0.25, 0.3) is 0 Å². The Morgan fingerprint density at radius 1 is 1.33 bits per heavy atom. The Morgan fingerprint density at radius 2 is 2.06 bits per heavy atom. The molecule has 0 amide bonds. The van der Waals surface area contributed by atoms with Gasteiger partial charge >= 0.3 is 6.18 Å². The highest BCUT2D eigenvalue weighted by atomic mass is 32.1. The Bertz CT molecular complexity index is 336. The summed E-state index contributed by atoms with van der Waals surface area (Å²) < 4.78 is 39.9.